The summed E-state index contributed by atoms with van der Waals surface area (Å²) < 4.78 is 32.6. The molecule has 0 radical (unpaired) electrons. The van der Waals surface area contributed by atoms with Crippen LogP contribution in [-0.4, -0.2) is 44.9 Å². The molecule has 0 spiro atoms. The van der Waals surface area contributed by atoms with Gasteiger partial charge in [-0.1, -0.05) is 36.4 Å². The highest BCUT2D eigenvalue weighted by molar-refractivity contribution is 7.89. The van der Waals surface area contributed by atoms with E-state index in [0.29, 0.717) is 37.4 Å². The van der Waals surface area contributed by atoms with Crippen LogP contribution in [0.1, 0.15) is 34.5 Å². The molecule has 1 saturated heterocycles. The van der Waals surface area contributed by atoms with Crippen LogP contribution >= 0.6 is 0 Å². The molecule has 3 rings (SSSR count). The molecule has 2 aromatic carbocycles. The lowest BCUT2D eigenvalue weighted by atomic mass is 10.1. The maximum Gasteiger partial charge on any atom is 0.251 e. The Balaban J connectivity index is 1.83. The number of morpholine rings is 1. The van der Waals surface area contributed by atoms with E-state index in [2.05, 4.69) is 5.32 Å². The molecule has 1 aliphatic heterocycles. The third kappa shape index (κ3) is 4.37. The van der Waals surface area contributed by atoms with Crippen molar-refractivity contribution in [1.29, 1.82) is 0 Å². The molecule has 1 atom stereocenters. The van der Waals surface area contributed by atoms with Gasteiger partial charge in [0.05, 0.1) is 24.2 Å². The molecule has 0 saturated carbocycles. The number of benzene rings is 2. The zero-order chi connectivity index (χ0) is 19.4. The van der Waals surface area contributed by atoms with Crippen molar-refractivity contribution in [3.8, 4) is 0 Å². The van der Waals surface area contributed by atoms with Crippen molar-refractivity contribution in [2.24, 2.45) is 0 Å². The first-order valence-corrected chi connectivity index (χ1v) is 10.4. The van der Waals surface area contributed by atoms with Crippen LogP contribution in [0.5, 0.6) is 0 Å². The van der Waals surface area contributed by atoms with Gasteiger partial charge in [-0.15, -0.1) is 0 Å². The Morgan fingerprint density at radius 1 is 1.11 bits per heavy atom. The van der Waals surface area contributed by atoms with E-state index in [4.69, 9.17) is 4.74 Å². The normalized spacial score (nSPS) is 16.7. The molecule has 1 fully saturated rings. The van der Waals surface area contributed by atoms with Crippen molar-refractivity contribution >= 4 is 15.9 Å². The molecule has 144 valence electrons. The number of hydrogen-bond acceptors (Lipinski definition) is 4. The second-order valence-electron chi connectivity index (χ2n) is 6.60. The smallest absolute Gasteiger partial charge is 0.251 e. The Morgan fingerprint density at radius 3 is 2.44 bits per heavy atom. The van der Waals surface area contributed by atoms with Gasteiger partial charge in [-0.25, -0.2) is 8.42 Å². The van der Waals surface area contributed by atoms with E-state index >= 15 is 0 Å². The Labute approximate surface area is 160 Å². The number of hydrogen-bond donors (Lipinski definition) is 1. The Kier molecular flexibility index (Phi) is 5.94. The van der Waals surface area contributed by atoms with Gasteiger partial charge in [0.25, 0.3) is 5.91 Å². The molecule has 0 unspecified atom stereocenters. The van der Waals surface area contributed by atoms with Crippen LogP contribution in [-0.2, 0) is 14.8 Å². The number of rotatable bonds is 5. The molecule has 27 heavy (non-hydrogen) atoms. The summed E-state index contributed by atoms with van der Waals surface area (Å²) >= 11 is 0. The van der Waals surface area contributed by atoms with E-state index < -0.39 is 10.0 Å². The molecule has 1 amide bonds. The summed E-state index contributed by atoms with van der Waals surface area (Å²) in [5, 5.41) is 2.92. The predicted octanol–water partition coefficient (Wildman–Crippen LogP) is 2.51. The van der Waals surface area contributed by atoms with Gasteiger partial charge in [0.1, 0.15) is 0 Å². The van der Waals surface area contributed by atoms with Gasteiger partial charge in [-0.05, 0) is 37.1 Å². The highest BCUT2D eigenvalue weighted by Crippen LogP contribution is 2.23. The molecule has 0 aromatic heterocycles. The number of nitrogens with one attached hydrogen (secondary N) is 1. The number of nitrogens with zero attached hydrogens (tertiary/aromatic N) is 1. The van der Waals surface area contributed by atoms with Crippen LogP contribution < -0.4 is 5.32 Å². The fraction of sp³-hybridized carbons (Fsp3) is 0.350. The molecular formula is C20H24N2O4S. The minimum Gasteiger partial charge on any atom is -0.379 e. The molecule has 0 bridgehead atoms. The van der Waals surface area contributed by atoms with Crippen molar-refractivity contribution in [2.45, 2.75) is 24.8 Å². The number of carbonyl (C=O) groups excluding carboxylic acids is 1. The topological polar surface area (TPSA) is 75.7 Å². The Bertz CT molecular complexity index is 907. The zero-order valence-corrected chi connectivity index (χ0v) is 16.3. The van der Waals surface area contributed by atoms with Crippen molar-refractivity contribution in [3.05, 3.63) is 65.2 Å². The van der Waals surface area contributed by atoms with Gasteiger partial charge in [0.2, 0.25) is 10.0 Å². The fourth-order valence-electron chi connectivity index (χ4n) is 3.05. The largest absolute Gasteiger partial charge is 0.379 e. The van der Waals surface area contributed by atoms with E-state index in [1.807, 2.05) is 37.3 Å². The van der Waals surface area contributed by atoms with Crippen molar-refractivity contribution in [2.75, 3.05) is 26.3 Å². The second kappa shape index (κ2) is 8.21. The molecule has 0 aliphatic carbocycles. The average Bonchev–Trinajstić information content (AvgIpc) is 2.69. The van der Waals surface area contributed by atoms with Gasteiger partial charge in [0, 0.05) is 18.7 Å². The highest BCUT2D eigenvalue weighted by atomic mass is 32.2. The van der Waals surface area contributed by atoms with Crippen LogP contribution in [0.3, 0.4) is 0 Å². The molecular weight excluding hydrogens is 364 g/mol. The summed E-state index contributed by atoms with van der Waals surface area (Å²) in [6.45, 7) is 5.04. The van der Waals surface area contributed by atoms with Gasteiger partial charge in [-0.2, -0.15) is 4.31 Å². The van der Waals surface area contributed by atoms with Crippen molar-refractivity contribution < 1.29 is 17.9 Å². The lowest BCUT2D eigenvalue weighted by Crippen LogP contribution is -2.41. The minimum atomic E-state index is -3.66. The average molecular weight is 388 g/mol. The van der Waals surface area contributed by atoms with Crippen molar-refractivity contribution in [1.82, 2.24) is 9.62 Å². The molecule has 1 heterocycles. The van der Waals surface area contributed by atoms with Gasteiger partial charge in [-0.3, -0.25) is 4.79 Å². The summed E-state index contributed by atoms with van der Waals surface area (Å²) in [6.07, 6.45) is 0. The van der Waals surface area contributed by atoms with Gasteiger partial charge >= 0.3 is 0 Å². The van der Waals surface area contributed by atoms with E-state index in [-0.39, 0.29) is 16.8 Å². The fourth-order valence-corrected chi connectivity index (χ4v) is 4.71. The van der Waals surface area contributed by atoms with Crippen LogP contribution in [0, 0.1) is 6.92 Å². The molecule has 1 N–H and O–H groups in total. The predicted molar refractivity (Wildman–Crippen MR) is 103 cm³/mol. The Morgan fingerprint density at radius 2 is 1.78 bits per heavy atom. The van der Waals surface area contributed by atoms with E-state index in [1.165, 1.54) is 10.4 Å². The van der Waals surface area contributed by atoms with E-state index in [1.54, 1.807) is 19.1 Å². The molecule has 2 aromatic rings. The van der Waals surface area contributed by atoms with Crippen molar-refractivity contribution in [3.63, 3.8) is 0 Å². The molecule has 7 heteroatoms. The first kappa shape index (κ1) is 19.5. The lowest BCUT2D eigenvalue weighted by molar-refractivity contribution is 0.0730. The first-order valence-electron chi connectivity index (χ1n) is 8.94. The van der Waals surface area contributed by atoms with Gasteiger partial charge < -0.3 is 10.1 Å². The van der Waals surface area contributed by atoms with E-state index in [0.717, 1.165) is 5.56 Å². The third-order valence-electron chi connectivity index (χ3n) is 4.69. The quantitative estimate of drug-likeness (QED) is 0.854. The summed E-state index contributed by atoms with van der Waals surface area (Å²) in [5.74, 6) is -0.301. The summed E-state index contributed by atoms with van der Waals surface area (Å²) in [4.78, 5) is 12.8. The Hall–Kier alpha value is -2.22. The highest BCUT2D eigenvalue weighted by Gasteiger charge is 2.28. The summed E-state index contributed by atoms with van der Waals surface area (Å²) in [5.41, 5.74) is 1.93. The number of amides is 1. The maximum atomic E-state index is 13.0. The molecule has 6 nitrogen and oxygen atoms in total. The van der Waals surface area contributed by atoms with E-state index in [9.17, 15) is 13.2 Å². The lowest BCUT2D eigenvalue weighted by Gasteiger charge is -2.26. The number of aryl methyl sites for hydroxylation is 1. The number of ether oxygens (including phenoxy) is 1. The van der Waals surface area contributed by atoms with Gasteiger partial charge in [0.15, 0.2) is 0 Å². The maximum absolute atomic E-state index is 13.0. The van der Waals surface area contributed by atoms with Crippen LogP contribution in [0.15, 0.2) is 53.4 Å². The van der Waals surface area contributed by atoms with Crippen LogP contribution in [0.25, 0.3) is 0 Å². The van der Waals surface area contributed by atoms with Crippen LogP contribution in [0.2, 0.25) is 0 Å². The van der Waals surface area contributed by atoms with Crippen LogP contribution in [0.4, 0.5) is 0 Å². The second-order valence-corrected chi connectivity index (χ2v) is 8.51. The summed E-state index contributed by atoms with van der Waals surface area (Å²) in [6, 6.07) is 14.2. The number of carbonyl (C=O) groups is 1. The zero-order valence-electron chi connectivity index (χ0n) is 15.5. The third-order valence-corrected chi connectivity index (χ3v) is 6.73. The summed E-state index contributed by atoms with van der Waals surface area (Å²) in [7, 11) is -3.66. The first-order chi connectivity index (χ1) is 12.9. The number of sulfonamides is 1. The minimum absolute atomic E-state index is 0.171. The standard InChI is InChI=1S/C20H24N2O4S/c1-15-8-9-18(20(23)21-16(2)17-6-4-3-5-7-17)14-19(15)27(24,25)22-10-12-26-13-11-22/h3-9,14,16H,10-13H2,1-2H3,(H,21,23)/t16-/m0/s1. The molecule has 1 aliphatic rings. The monoisotopic (exact) mass is 388 g/mol. The SMILES string of the molecule is Cc1ccc(C(=O)N[C@@H](C)c2ccccc2)cc1S(=O)(=O)N1CCOCC1.